The number of anilines is 1. The lowest BCUT2D eigenvalue weighted by molar-refractivity contribution is -0.689. The molecule has 4 rings (SSSR count). The van der Waals surface area contributed by atoms with E-state index < -0.39 is 47.7 Å². The van der Waals surface area contributed by atoms with Crippen molar-refractivity contribution >= 4 is 51.7 Å². The molecule has 36 heavy (non-hydrogen) atoms. The number of rotatable bonds is 8. The second-order valence-corrected chi connectivity index (χ2v) is 9.56. The summed E-state index contributed by atoms with van der Waals surface area (Å²) in [6.45, 7) is -1.49. The van der Waals surface area contributed by atoms with Crippen LogP contribution in [-0.2, 0) is 25.8 Å². The first-order valence-electron chi connectivity index (χ1n) is 10.2. The first-order valence-corrected chi connectivity index (χ1v) is 12.1. The maximum atomic E-state index is 12.9. The Hall–Kier alpha value is -3.66. The van der Waals surface area contributed by atoms with Gasteiger partial charge in [0.25, 0.3) is 11.8 Å². The number of carboxylic acid groups (broad SMARTS) is 1. The van der Waals surface area contributed by atoms with Gasteiger partial charge in [0.15, 0.2) is 29.8 Å². The van der Waals surface area contributed by atoms with Gasteiger partial charge < -0.3 is 21.0 Å². The van der Waals surface area contributed by atoms with Crippen molar-refractivity contribution in [1.82, 2.24) is 15.2 Å². The average molecular weight is 544 g/mol. The van der Waals surface area contributed by atoms with E-state index in [9.17, 15) is 32.7 Å². The molecule has 16 heteroatoms. The number of β-lactam (4-membered cyclic amide) rings is 1. The molecule has 1 unspecified atom stereocenters. The average Bonchev–Trinajstić information content (AvgIpc) is 3.25. The number of thioether (sulfide) groups is 1. The van der Waals surface area contributed by atoms with Crippen LogP contribution in [0.4, 0.5) is 18.3 Å². The van der Waals surface area contributed by atoms with E-state index in [1.165, 1.54) is 17.1 Å². The minimum Gasteiger partial charge on any atom is -0.477 e. The van der Waals surface area contributed by atoms with Crippen LogP contribution in [0, 0.1) is 0 Å². The number of nitrogens with two attached hydrogens (primary N) is 1. The molecule has 0 bridgehead atoms. The summed E-state index contributed by atoms with van der Waals surface area (Å²) in [5.41, 5.74) is 5.16. The SMILES string of the molecule is Nc1nc(/C(=N/OCC(F)(F)F)C(=O)NC2C(=O)N3C(C(=O)O)=C(C[n+]4ccccc4)CS[C@H]23)cs1. The normalized spacial score (nSPS) is 20.0. The number of hydrogen-bond donors (Lipinski definition) is 3. The predicted octanol–water partition coefficient (Wildman–Crippen LogP) is 0.735. The molecule has 4 heterocycles. The third kappa shape index (κ3) is 5.43. The molecular weight excluding hydrogens is 525 g/mol. The van der Waals surface area contributed by atoms with Crippen LogP contribution < -0.4 is 15.6 Å². The molecule has 2 amide bonds. The Bertz CT molecular complexity index is 1250. The first-order chi connectivity index (χ1) is 17.0. The highest BCUT2D eigenvalue weighted by atomic mass is 32.2. The van der Waals surface area contributed by atoms with E-state index in [1.807, 2.05) is 6.07 Å². The number of amides is 2. The van der Waals surface area contributed by atoms with Crippen LogP contribution in [0.2, 0.25) is 0 Å². The Kier molecular flexibility index (Phi) is 7.16. The van der Waals surface area contributed by atoms with Crippen LogP contribution in [0.1, 0.15) is 5.69 Å². The van der Waals surface area contributed by atoms with Crippen LogP contribution in [0.15, 0.2) is 52.4 Å². The molecule has 0 saturated carbocycles. The molecule has 2 aromatic heterocycles. The van der Waals surface area contributed by atoms with Gasteiger partial charge in [0.1, 0.15) is 22.8 Å². The van der Waals surface area contributed by atoms with Gasteiger partial charge >= 0.3 is 12.1 Å². The number of aromatic nitrogens is 2. The summed E-state index contributed by atoms with van der Waals surface area (Å²) >= 11 is 2.18. The number of hydrogen-bond acceptors (Lipinski definition) is 9. The number of fused-ring (bicyclic) bond motifs is 1. The Labute approximate surface area is 209 Å². The number of thiazole rings is 1. The molecule has 2 aliphatic rings. The molecule has 1 saturated heterocycles. The van der Waals surface area contributed by atoms with Crippen molar-refractivity contribution in [3.8, 4) is 0 Å². The number of carbonyl (C=O) groups is 3. The van der Waals surface area contributed by atoms with Crippen LogP contribution in [0.5, 0.6) is 0 Å². The predicted molar refractivity (Wildman–Crippen MR) is 121 cm³/mol. The molecule has 4 N–H and O–H groups in total. The maximum absolute atomic E-state index is 12.9. The number of halogens is 3. The first kappa shape index (κ1) is 25.4. The van der Waals surface area contributed by atoms with E-state index in [0.29, 0.717) is 5.57 Å². The summed E-state index contributed by atoms with van der Waals surface area (Å²) in [4.78, 5) is 47.0. The van der Waals surface area contributed by atoms with Gasteiger partial charge in [-0.3, -0.25) is 14.5 Å². The number of oxime groups is 1. The van der Waals surface area contributed by atoms with Crippen LogP contribution in [-0.4, -0.2) is 68.4 Å². The molecule has 190 valence electrons. The van der Waals surface area contributed by atoms with Crippen molar-refractivity contribution < 1.29 is 42.1 Å². The Balaban J connectivity index is 1.52. The fourth-order valence-corrected chi connectivity index (χ4v) is 5.43. The van der Waals surface area contributed by atoms with E-state index in [1.54, 1.807) is 29.1 Å². The number of nitrogens with one attached hydrogen (secondary N) is 1. The van der Waals surface area contributed by atoms with Crippen molar-refractivity contribution in [2.45, 2.75) is 24.1 Å². The lowest BCUT2D eigenvalue weighted by Crippen LogP contribution is -2.71. The number of nitrogens with zero attached hydrogens (tertiary/aromatic N) is 4. The van der Waals surface area contributed by atoms with E-state index >= 15 is 0 Å². The van der Waals surface area contributed by atoms with E-state index in [4.69, 9.17) is 5.73 Å². The van der Waals surface area contributed by atoms with Gasteiger partial charge in [-0.05, 0) is 0 Å². The van der Waals surface area contributed by atoms with Gasteiger partial charge in [-0.15, -0.1) is 23.1 Å². The second kappa shape index (κ2) is 10.1. The zero-order valence-electron chi connectivity index (χ0n) is 18.1. The minimum atomic E-state index is -4.69. The molecule has 2 atom stereocenters. The minimum absolute atomic E-state index is 0.0371. The molecule has 0 spiro atoms. The van der Waals surface area contributed by atoms with Gasteiger partial charge in [0, 0.05) is 28.8 Å². The second-order valence-electron chi connectivity index (χ2n) is 7.57. The van der Waals surface area contributed by atoms with Crippen LogP contribution in [0.25, 0.3) is 0 Å². The van der Waals surface area contributed by atoms with Crippen molar-refractivity contribution in [2.24, 2.45) is 5.16 Å². The highest BCUT2D eigenvalue weighted by Gasteiger charge is 2.54. The molecule has 2 aromatic rings. The topological polar surface area (TPSA) is 151 Å². The smallest absolute Gasteiger partial charge is 0.425 e. The molecule has 0 aromatic carbocycles. The Morgan fingerprint density at radius 3 is 2.67 bits per heavy atom. The standard InChI is InChI=1S/C20H17F3N6O5S2/c21-20(22,23)9-34-27-12(11-8-36-19(24)25-11)15(30)26-13-16(31)29-14(18(32)33)10(7-35-17(13)29)6-28-4-2-1-3-5-28/h1-5,8,13,17H,6-7,9H2,(H3-,24,25,26,30,32,33)/p+1/b27-12-/t13?,17-/m1/s1. The highest BCUT2D eigenvalue weighted by molar-refractivity contribution is 8.00. The van der Waals surface area contributed by atoms with Crippen molar-refractivity contribution in [2.75, 3.05) is 18.1 Å². The van der Waals surface area contributed by atoms with E-state index in [0.717, 1.165) is 16.2 Å². The zero-order chi connectivity index (χ0) is 26.0. The lowest BCUT2D eigenvalue weighted by atomic mass is 10.0. The largest absolute Gasteiger partial charge is 0.477 e. The molecule has 0 radical (unpaired) electrons. The Morgan fingerprint density at radius 1 is 1.33 bits per heavy atom. The van der Waals surface area contributed by atoms with Crippen molar-refractivity contribution in [3.05, 3.63) is 52.9 Å². The molecule has 11 nitrogen and oxygen atoms in total. The highest BCUT2D eigenvalue weighted by Crippen LogP contribution is 2.40. The van der Waals surface area contributed by atoms with Crippen LogP contribution >= 0.6 is 23.1 Å². The summed E-state index contributed by atoms with van der Waals surface area (Å²) in [6.07, 6.45) is -1.17. The fourth-order valence-electron chi connectivity index (χ4n) is 3.55. The summed E-state index contributed by atoms with van der Waals surface area (Å²) in [7, 11) is 0. The maximum Gasteiger partial charge on any atom is 0.425 e. The van der Waals surface area contributed by atoms with Gasteiger partial charge in [-0.1, -0.05) is 11.2 Å². The number of carbonyl (C=O) groups excluding carboxylic acids is 2. The number of nitrogen functional groups attached to an aromatic ring is 1. The zero-order valence-corrected chi connectivity index (χ0v) is 19.8. The Morgan fingerprint density at radius 2 is 2.06 bits per heavy atom. The van der Waals surface area contributed by atoms with E-state index in [-0.39, 0.29) is 28.8 Å². The number of alkyl halides is 3. The lowest BCUT2D eigenvalue weighted by Gasteiger charge is -2.49. The summed E-state index contributed by atoms with van der Waals surface area (Å²) in [6, 6.07) is 4.25. The molecule has 2 aliphatic heterocycles. The molecular formula is C20H18F3N6O5S2+. The summed E-state index contributed by atoms with van der Waals surface area (Å²) in [5.74, 6) is -2.71. The van der Waals surface area contributed by atoms with Gasteiger partial charge in [0.05, 0.1) is 0 Å². The monoisotopic (exact) mass is 543 g/mol. The third-order valence-electron chi connectivity index (χ3n) is 5.05. The molecule has 0 aliphatic carbocycles. The van der Waals surface area contributed by atoms with Gasteiger partial charge in [-0.2, -0.15) is 13.2 Å². The number of pyridine rings is 1. The third-order valence-corrected chi connectivity index (χ3v) is 7.06. The van der Waals surface area contributed by atoms with Gasteiger partial charge in [-0.25, -0.2) is 14.3 Å². The van der Waals surface area contributed by atoms with Gasteiger partial charge in [0.2, 0.25) is 6.61 Å². The summed E-state index contributed by atoms with van der Waals surface area (Å²) < 4.78 is 39.2. The van der Waals surface area contributed by atoms with Crippen molar-refractivity contribution in [1.29, 1.82) is 0 Å². The van der Waals surface area contributed by atoms with Crippen LogP contribution in [0.3, 0.4) is 0 Å². The van der Waals surface area contributed by atoms with E-state index in [2.05, 4.69) is 20.3 Å². The quantitative estimate of drug-likeness (QED) is 0.191. The molecule has 1 fully saturated rings. The fraction of sp³-hybridized carbons (Fsp3) is 0.300. The number of aliphatic carboxylic acids is 1. The number of carboxylic acids is 1. The summed E-state index contributed by atoms with van der Waals surface area (Å²) in [5, 5.41) is 16.1. The van der Waals surface area contributed by atoms with Crippen molar-refractivity contribution in [3.63, 3.8) is 0 Å².